The first-order valence-electron chi connectivity index (χ1n) is 4.79. The summed E-state index contributed by atoms with van der Waals surface area (Å²) >= 11 is 0. The highest BCUT2D eigenvalue weighted by atomic mass is 16.5. The second kappa shape index (κ2) is 6.37. The van der Waals surface area contributed by atoms with Gasteiger partial charge in [-0.15, -0.1) is 0 Å². The lowest BCUT2D eigenvalue weighted by Gasteiger charge is -2.21. The van der Waals surface area contributed by atoms with Crippen molar-refractivity contribution in [3.8, 4) is 0 Å². The molecule has 1 amide bonds. The van der Waals surface area contributed by atoms with Gasteiger partial charge in [0.1, 0.15) is 0 Å². The minimum Gasteiger partial charge on any atom is -0.464 e. The Morgan fingerprint density at radius 2 is 1.79 bits per heavy atom. The first-order chi connectivity index (χ1) is 6.58. The highest BCUT2D eigenvalue weighted by Gasteiger charge is 2.26. The quantitative estimate of drug-likeness (QED) is 0.492. The van der Waals surface area contributed by atoms with Gasteiger partial charge in [0.25, 0.3) is 5.91 Å². The molecule has 0 saturated carbocycles. The van der Waals surface area contributed by atoms with Crippen molar-refractivity contribution in [2.24, 2.45) is 5.73 Å². The Morgan fingerprint density at radius 3 is 2.14 bits per heavy atom. The van der Waals surface area contributed by atoms with E-state index >= 15 is 0 Å². The van der Waals surface area contributed by atoms with Crippen LogP contribution in [0.1, 0.15) is 20.8 Å². The maximum atomic E-state index is 11.5. The standard InChI is InChI=1S/C9H18N2O3/c1-4-11(5-2)8(12)7(10)9(13)14-6-3/h7H,4-6,10H2,1-3H3. The SMILES string of the molecule is CCOC(=O)C(N)C(=O)N(CC)CC. The fraction of sp³-hybridized carbons (Fsp3) is 0.778. The number of nitrogens with zero attached hydrogens (tertiary/aromatic N) is 1. The first-order valence-corrected chi connectivity index (χ1v) is 4.79. The summed E-state index contributed by atoms with van der Waals surface area (Å²) in [6.45, 7) is 6.66. The molecule has 1 unspecified atom stereocenters. The Hall–Kier alpha value is -1.10. The number of amides is 1. The molecule has 0 aliphatic rings. The molecule has 82 valence electrons. The minimum absolute atomic E-state index is 0.234. The van der Waals surface area contributed by atoms with Crippen LogP contribution in [0.25, 0.3) is 0 Å². The van der Waals surface area contributed by atoms with E-state index in [2.05, 4.69) is 4.74 Å². The van der Waals surface area contributed by atoms with Crippen molar-refractivity contribution in [1.29, 1.82) is 0 Å². The predicted octanol–water partition coefficient (Wildman–Crippen LogP) is -0.255. The molecule has 0 aliphatic heterocycles. The lowest BCUT2D eigenvalue weighted by molar-refractivity contribution is -0.150. The summed E-state index contributed by atoms with van der Waals surface area (Å²) in [5.41, 5.74) is 5.43. The normalized spacial score (nSPS) is 12.0. The molecule has 0 aromatic carbocycles. The van der Waals surface area contributed by atoms with Crippen LogP contribution in [-0.4, -0.2) is 42.5 Å². The summed E-state index contributed by atoms with van der Waals surface area (Å²) in [7, 11) is 0. The van der Waals surface area contributed by atoms with E-state index in [0.29, 0.717) is 13.1 Å². The van der Waals surface area contributed by atoms with Crippen LogP contribution in [0.2, 0.25) is 0 Å². The Morgan fingerprint density at radius 1 is 1.29 bits per heavy atom. The van der Waals surface area contributed by atoms with Crippen molar-refractivity contribution in [2.75, 3.05) is 19.7 Å². The largest absolute Gasteiger partial charge is 0.464 e. The van der Waals surface area contributed by atoms with Crippen molar-refractivity contribution in [2.45, 2.75) is 26.8 Å². The molecule has 0 spiro atoms. The lowest BCUT2D eigenvalue weighted by atomic mass is 10.2. The molecular weight excluding hydrogens is 184 g/mol. The molecule has 0 fully saturated rings. The average Bonchev–Trinajstić information content (AvgIpc) is 2.18. The van der Waals surface area contributed by atoms with Crippen molar-refractivity contribution in [1.82, 2.24) is 4.90 Å². The fourth-order valence-electron chi connectivity index (χ4n) is 1.06. The topological polar surface area (TPSA) is 72.6 Å². The number of carbonyl (C=O) groups excluding carboxylic acids is 2. The van der Waals surface area contributed by atoms with Crippen molar-refractivity contribution in [3.05, 3.63) is 0 Å². The van der Waals surface area contributed by atoms with E-state index in [1.165, 1.54) is 4.90 Å². The van der Waals surface area contributed by atoms with Crippen LogP contribution in [0.15, 0.2) is 0 Å². The highest BCUT2D eigenvalue weighted by molar-refractivity contribution is 6.01. The third-order valence-corrected chi connectivity index (χ3v) is 1.88. The van der Waals surface area contributed by atoms with E-state index in [0.717, 1.165) is 0 Å². The van der Waals surface area contributed by atoms with E-state index in [-0.39, 0.29) is 12.5 Å². The Kier molecular flexibility index (Phi) is 5.87. The average molecular weight is 202 g/mol. The molecule has 14 heavy (non-hydrogen) atoms. The monoisotopic (exact) mass is 202 g/mol. The molecule has 0 heterocycles. The summed E-state index contributed by atoms with van der Waals surface area (Å²) in [5, 5.41) is 0. The molecule has 5 nitrogen and oxygen atoms in total. The Labute approximate surface area is 84.2 Å². The Bertz CT molecular complexity index is 202. The highest BCUT2D eigenvalue weighted by Crippen LogP contribution is 1.95. The van der Waals surface area contributed by atoms with Crippen LogP contribution in [0.4, 0.5) is 0 Å². The minimum atomic E-state index is -1.19. The van der Waals surface area contributed by atoms with Gasteiger partial charge in [0.15, 0.2) is 6.04 Å². The molecule has 1 atom stereocenters. The van der Waals surface area contributed by atoms with Crippen LogP contribution >= 0.6 is 0 Å². The molecule has 5 heteroatoms. The molecule has 0 aliphatic carbocycles. The Balaban J connectivity index is 4.29. The zero-order chi connectivity index (χ0) is 11.1. The summed E-state index contributed by atoms with van der Waals surface area (Å²) in [6, 6.07) is -1.19. The van der Waals surface area contributed by atoms with E-state index in [1.807, 2.05) is 13.8 Å². The molecule has 0 aromatic rings. The zero-order valence-electron chi connectivity index (χ0n) is 8.95. The van der Waals surface area contributed by atoms with E-state index in [4.69, 9.17) is 5.73 Å². The number of ether oxygens (including phenoxy) is 1. The smallest absolute Gasteiger partial charge is 0.332 e. The molecule has 0 saturated heterocycles. The third-order valence-electron chi connectivity index (χ3n) is 1.88. The van der Waals surface area contributed by atoms with Crippen LogP contribution in [-0.2, 0) is 14.3 Å². The molecule has 0 rings (SSSR count). The van der Waals surface area contributed by atoms with Gasteiger partial charge in [-0.05, 0) is 20.8 Å². The van der Waals surface area contributed by atoms with E-state index in [9.17, 15) is 9.59 Å². The second-order valence-electron chi connectivity index (χ2n) is 2.74. The van der Waals surface area contributed by atoms with Crippen molar-refractivity contribution < 1.29 is 14.3 Å². The zero-order valence-corrected chi connectivity index (χ0v) is 8.95. The maximum Gasteiger partial charge on any atom is 0.332 e. The number of nitrogens with two attached hydrogens (primary N) is 1. The first kappa shape index (κ1) is 12.9. The number of rotatable bonds is 5. The van der Waals surface area contributed by atoms with Crippen LogP contribution < -0.4 is 5.73 Å². The van der Waals surface area contributed by atoms with Crippen molar-refractivity contribution in [3.63, 3.8) is 0 Å². The molecule has 2 N–H and O–H groups in total. The predicted molar refractivity (Wildman–Crippen MR) is 52.5 cm³/mol. The van der Waals surface area contributed by atoms with Gasteiger partial charge in [0.05, 0.1) is 6.61 Å². The number of hydrogen-bond donors (Lipinski definition) is 1. The maximum absolute atomic E-state index is 11.5. The summed E-state index contributed by atoms with van der Waals surface area (Å²) in [4.78, 5) is 24.1. The number of likely N-dealkylation sites (N-methyl/N-ethyl adjacent to an activating group) is 1. The number of hydrogen-bond acceptors (Lipinski definition) is 4. The van der Waals surface area contributed by atoms with Gasteiger partial charge in [-0.2, -0.15) is 0 Å². The molecule has 0 radical (unpaired) electrons. The molecule has 0 aromatic heterocycles. The van der Waals surface area contributed by atoms with Crippen LogP contribution in [0.3, 0.4) is 0 Å². The fourth-order valence-corrected chi connectivity index (χ4v) is 1.06. The second-order valence-corrected chi connectivity index (χ2v) is 2.74. The molecular formula is C9H18N2O3. The van der Waals surface area contributed by atoms with Gasteiger partial charge in [-0.1, -0.05) is 0 Å². The van der Waals surface area contributed by atoms with Gasteiger partial charge in [-0.25, -0.2) is 4.79 Å². The van der Waals surface area contributed by atoms with Gasteiger partial charge in [0.2, 0.25) is 0 Å². The van der Waals surface area contributed by atoms with Gasteiger partial charge in [0, 0.05) is 13.1 Å². The van der Waals surface area contributed by atoms with Crippen LogP contribution in [0, 0.1) is 0 Å². The summed E-state index contributed by atoms with van der Waals surface area (Å²) < 4.78 is 4.65. The lowest BCUT2D eigenvalue weighted by Crippen LogP contribution is -2.48. The number of esters is 1. The van der Waals surface area contributed by atoms with Gasteiger partial charge >= 0.3 is 5.97 Å². The molecule has 0 bridgehead atoms. The van der Waals surface area contributed by atoms with Gasteiger partial charge in [-0.3, -0.25) is 4.79 Å². The van der Waals surface area contributed by atoms with E-state index in [1.54, 1.807) is 6.92 Å². The van der Waals surface area contributed by atoms with E-state index < -0.39 is 12.0 Å². The summed E-state index contributed by atoms with van der Waals surface area (Å²) in [6.07, 6.45) is 0. The van der Waals surface area contributed by atoms with Crippen LogP contribution in [0.5, 0.6) is 0 Å². The third kappa shape index (κ3) is 3.33. The number of carbonyl (C=O) groups is 2. The summed E-state index contributed by atoms with van der Waals surface area (Å²) in [5.74, 6) is -1.04. The van der Waals surface area contributed by atoms with Crippen molar-refractivity contribution >= 4 is 11.9 Å². The van der Waals surface area contributed by atoms with Gasteiger partial charge < -0.3 is 15.4 Å².